The van der Waals surface area contributed by atoms with E-state index in [1.165, 1.54) is 60.7 Å². The SMILES string of the molecule is CCCN1CC2CC1CN2c1cc(C)cc(C(F)(F)F)c1.Cc1cc(N2CC3CC2CN3C(C)C)cc(C(F)(F)F)c1.Cc1cc(N2CC3CC2CN3C)cc(C(F)(F)F)c1.Cc1cc(OC(F)(F)F)cc(N(C)C2CCN(C)CC2)c1.Cc1cc(OC(F)(F)F)cc(N2CCN(C)CC2)c1. The second kappa shape index (κ2) is 31.8. The summed E-state index contributed by atoms with van der Waals surface area (Å²) in [6, 6.07) is 26.0. The van der Waals surface area contributed by atoms with Gasteiger partial charge in [0.2, 0.25) is 0 Å². The number of piperidine rings is 1. The number of nitrogens with zero attached hydrogens (tertiary/aromatic N) is 10. The molecule has 0 N–H and O–H groups in total. The van der Waals surface area contributed by atoms with Crippen LogP contribution in [-0.2, 0) is 18.5 Å². The van der Waals surface area contributed by atoms with Gasteiger partial charge in [-0.25, -0.2) is 0 Å². The number of rotatable bonds is 11. The first-order valence-electron chi connectivity index (χ1n) is 34.7. The van der Waals surface area contributed by atoms with Gasteiger partial charge in [-0.1, -0.05) is 6.92 Å². The summed E-state index contributed by atoms with van der Waals surface area (Å²) in [4.78, 5) is 22.3. The number of fused-ring (bicyclic) bond motifs is 6. The van der Waals surface area contributed by atoms with Crippen molar-refractivity contribution in [3.05, 3.63) is 136 Å². The van der Waals surface area contributed by atoms with Gasteiger partial charge in [0.05, 0.1) is 16.7 Å². The Morgan fingerprint density at radius 3 is 1.22 bits per heavy atom. The Kier molecular flexibility index (Phi) is 24.8. The third-order valence-electron chi connectivity index (χ3n) is 20.5. The van der Waals surface area contributed by atoms with Crippen LogP contribution in [0.4, 0.5) is 94.3 Å². The van der Waals surface area contributed by atoms with Crippen LogP contribution in [0.1, 0.15) is 104 Å². The Hall–Kier alpha value is -6.55. The number of hydrogen-bond acceptors (Lipinski definition) is 12. The largest absolute Gasteiger partial charge is 0.573 e. The molecule has 0 aliphatic carbocycles. The molecule has 560 valence electrons. The minimum absolute atomic E-state index is 0.151. The molecule has 0 spiro atoms. The summed E-state index contributed by atoms with van der Waals surface area (Å²) >= 11 is 0. The Labute approximate surface area is 584 Å². The molecule has 8 saturated heterocycles. The zero-order valence-corrected chi connectivity index (χ0v) is 59.7. The van der Waals surface area contributed by atoms with Crippen molar-refractivity contribution in [3.63, 3.8) is 0 Å². The molecule has 0 amide bonds. The summed E-state index contributed by atoms with van der Waals surface area (Å²) in [6.45, 7) is 27.2. The molecule has 13 rings (SSSR count). The maximum absolute atomic E-state index is 13.0. The van der Waals surface area contributed by atoms with Crippen molar-refractivity contribution < 1.29 is 75.3 Å². The first-order chi connectivity index (χ1) is 47.1. The van der Waals surface area contributed by atoms with Gasteiger partial charge in [0.15, 0.2) is 0 Å². The number of anilines is 5. The molecule has 5 aromatic rings. The van der Waals surface area contributed by atoms with Crippen LogP contribution in [0.25, 0.3) is 0 Å². The lowest BCUT2D eigenvalue weighted by molar-refractivity contribution is -0.275. The van der Waals surface area contributed by atoms with Crippen molar-refractivity contribution in [2.24, 2.45) is 0 Å². The van der Waals surface area contributed by atoms with E-state index in [0.29, 0.717) is 70.7 Å². The topological polar surface area (TPSA) is 50.9 Å². The monoisotopic (exact) mass is 1440 g/mol. The number of benzene rings is 5. The van der Waals surface area contributed by atoms with Gasteiger partial charge in [-0.3, -0.25) is 14.7 Å². The summed E-state index contributed by atoms with van der Waals surface area (Å²) in [7, 11) is 8.13. The number of likely N-dealkylation sites (tertiary alicyclic amines) is 4. The van der Waals surface area contributed by atoms with Gasteiger partial charge in [-0.15, -0.1) is 26.3 Å². The predicted molar refractivity (Wildman–Crippen MR) is 368 cm³/mol. The lowest BCUT2D eigenvalue weighted by atomic mass is 10.0. The first kappa shape index (κ1) is 78.6. The van der Waals surface area contributed by atoms with Crippen LogP contribution >= 0.6 is 0 Å². The number of halogens is 15. The molecule has 6 unspecified atom stereocenters. The van der Waals surface area contributed by atoms with Crippen molar-refractivity contribution >= 4 is 28.4 Å². The lowest BCUT2D eigenvalue weighted by Gasteiger charge is -2.38. The molecule has 8 fully saturated rings. The Bertz CT molecular complexity index is 3550. The van der Waals surface area contributed by atoms with E-state index < -0.39 is 47.9 Å². The highest BCUT2D eigenvalue weighted by molar-refractivity contribution is 5.58. The minimum Gasteiger partial charge on any atom is -0.406 e. The smallest absolute Gasteiger partial charge is 0.406 e. The number of piperazine rings is 4. The summed E-state index contributed by atoms with van der Waals surface area (Å²) in [5.41, 5.74) is 5.62. The van der Waals surface area contributed by atoms with E-state index in [0.717, 1.165) is 157 Å². The van der Waals surface area contributed by atoms with Crippen LogP contribution in [0, 0.1) is 34.6 Å². The molecule has 8 heterocycles. The molecule has 0 aromatic heterocycles. The summed E-state index contributed by atoms with van der Waals surface area (Å²) < 4.78 is 198. The van der Waals surface area contributed by atoms with E-state index in [1.807, 2.05) is 44.4 Å². The van der Waals surface area contributed by atoms with Crippen LogP contribution in [0.2, 0.25) is 0 Å². The third kappa shape index (κ3) is 21.1. The zero-order chi connectivity index (χ0) is 74.0. The van der Waals surface area contributed by atoms with Crippen LogP contribution in [0.3, 0.4) is 0 Å². The predicted octanol–water partition coefficient (Wildman–Crippen LogP) is 16.3. The summed E-state index contributed by atoms with van der Waals surface area (Å²) in [6.07, 6.45) is -15.8. The molecule has 6 atom stereocenters. The molecular formula is C74H97F15N10O2. The zero-order valence-electron chi connectivity index (χ0n) is 59.7. The van der Waals surface area contributed by atoms with E-state index in [9.17, 15) is 65.9 Å². The van der Waals surface area contributed by atoms with Gasteiger partial charge in [0, 0.05) is 161 Å². The fourth-order valence-corrected chi connectivity index (χ4v) is 15.6. The number of aryl methyl sites for hydroxylation is 5. The van der Waals surface area contributed by atoms with E-state index in [1.54, 1.807) is 34.6 Å². The van der Waals surface area contributed by atoms with Crippen LogP contribution in [0.15, 0.2) is 91.0 Å². The number of alkyl halides is 15. The van der Waals surface area contributed by atoms with Gasteiger partial charge < -0.3 is 43.8 Å². The van der Waals surface area contributed by atoms with Crippen molar-refractivity contribution in [3.8, 4) is 11.5 Å². The van der Waals surface area contributed by atoms with Crippen molar-refractivity contribution in [1.82, 2.24) is 24.5 Å². The lowest BCUT2D eigenvalue weighted by Crippen LogP contribution is -2.49. The highest BCUT2D eigenvalue weighted by Crippen LogP contribution is 2.43. The van der Waals surface area contributed by atoms with Gasteiger partial charge in [-0.05, 0) is 234 Å². The molecule has 6 bridgehead atoms. The fraction of sp³-hybridized carbons (Fsp3) is 0.595. The normalized spacial score (nSPS) is 23.0. The van der Waals surface area contributed by atoms with Crippen LogP contribution < -0.4 is 34.0 Å². The van der Waals surface area contributed by atoms with Gasteiger partial charge in [0.25, 0.3) is 0 Å². The quantitative estimate of drug-likeness (QED) is 0.118. The average Bonchev–Trinajstić information content (AvgIpc) is 1.64. The van der Waals surface area contributed by atoms with Crippen molar-refractivity contribution in [1.29, 1.82) is 0 Å². The highest BCUT2D eigenvalue weighted by Gasteiger charge is 2.47. The van der Waals surface area contributed by atoms with E-state index in [4.69, 9.17) is 0 Å². The van der Waals surface area contributed by atoms with Gasteiger partial charge in [0.1, 0.15) is 11.5 Å². The van der Waals surface area contributed by atoms with E-state index in [2.05, 4.69) is 93.3 Å². The van der Waals surface area contributed by atoms with Crippen LogP contribution in [-0.4, -0.2) is 199 Å². The van der Waals surface area contributed by atoms with E-state index in [-0.39, 0.29) is 11.5 Å². The number of likely N-dealkylation sites (N-methyl/N-ethyl adjacent to an activating group) is 2. The number of ether oxygens (including phenoxy) is 2. The molecule has 101 heavy (non-hydrogen) atoms. The highest BCUT2D eigenvalue weighted by atomic mass is 19.4. The maximum atomic E-state index is 13.0. The van der Waals surface area contributed by atoms with Crippen molar-refractivity contribution in [2.45, 2.75) is 174 Å². The Morgan fingerprint density at radius 1 is 0.426 bits per heavy atom. The second-order valence-electron chi connectivity index (χ2n) is 29.0. The minimum atomic E-state index is -4.66. The molecule has 0 radical (unpaired) electrons. The molecule has 8 aliphatic rings. The molecule has 5 aromatic carbocycles. The first-order valence-corrected chi connectivity index (χ1v) is 34.7. The Balaban J connectivity index is 0.000000147. The molecule has 8 aliphatic heterocycles. The second-order valence-corrected chi connectivity index (χ2v) is 29.0. The van der Waals surface area contributed by atoms with Gasteiger partial charge >= 0.3 is 31.3 Å². The Morgan fingerprint density at radius 2 is 0.822 bits per heavy atom. The molecule has 0 saturated carbocycles. The summed E-state index contributed by atoms with van der Waals surface area (Å²) in [5, 5.41) is 0. The molecule has 27 heteroatoms. The maximum Gasteiger partial charge on any atom is 0.573 e. The van der Waals surface area contributed by atoms with E-state index >= 15 is 0 Å². The number of hydrogen-bond donors (Lipinski definition) is 0. The molecule has 12 nitrogen and oxygen atoms in total. The van der Waals surface area contributed by atoms with Crippen molar-refractivity contribution in [2.75, 3.05) is 138 Å². The fourth-order valence-electron chi connectivity index (χ4n) is 15.6. The average molecular weight is 1440 g/mol. The third-order valence-corrected chi connectivity index (χ3v) is 20.5. The molecular weight excluding hydrogens is 1350 g/mol. The standard InChI is InChI=1S/2C16H21F3N2.C15H21F3N2O.C14H17F3N2.C13H17F3N2O/c1-10(2)20-8-15-7-14(20)9-21(15)13-5-11(3)4-12(6-13)16(17,18)19;1-3-4-20-9-15-8-14(20)10-21(15)13-6-11(2)5-12(7-13)16(17,18)19;1-11-8-13(10-14(9-11)21-15(16,17)18)20(3)12-4-6-19(2)7-5-12;1-9-3-10(14(15,16)17)5-11(4-9)19-8-12-6-13(19)7-18(12)2;1-10-7-11(18-5-3-17(2)4-6-18)9-12(8-10)19-13(14,15)16/h4-6,10,14-15H,7-9H2,1-3H3;5-7,14-15H,3-4,8-10H2,1-2H3;8-10,12H,4-7H2,1-3H3;3-5,12-13H,6-8H2,1-2H3;7-9H,3-6H2,1-2H3. The summed E-state index contributed by atoms with van der Waals surface area (Å²) in [5.74, 6) is -0.307. The van der Waals surface area contributed by atoms with Crippen LogP contribution in [0.5, 0.6) is 11.5 Å². The van der Waals surface area contributed by atoms with Gasteiger partial charge in [-0.2, -0.15) is 39.5 Å².